The first kappa shape index (κ1) is 16.7. The van der Waals surface area contributed by atoms with Crippen LogP contribution in [0, 0.1) is 11.7 Å². The smallest absolute Gasteiger partial charge is 0.254 e. The minimum Gasteiger partial charge on any atom is -0.491 e. The number of ether oxygens (including phenoxy) is 1. The Balaban J connectivity index is 1.58. The summed E-state index contributed by atoms with van der Waals surface area (Å²) in [5.41, 5.74) is 0.315. The van der Waals surface area contributed by atoms with Gasteiger partial charge in [0, 0.05) is 37.7 Å². The van der Waals surface area contributed by atoms with Crippen molar-refractivity contribution in [3.8, 4) is 5.75 Å². The van der Waals surface area contributed by atoms with Crippen LogP contribution < -0.4 is 4.74 Å². The van der Waals surface area contributed by atoms with Crippen LogP contribution in [-0.2, 0) is 4.79 Å². The second kappa shape index (κ2) is 7.20. The largest absolute Gasteiger partial charge is 0.491 e. The Morgan fingerprint density at radius 2 is 1.83 bits per heavy atom. The van der Waals surface area contributed by atoms with Crippen LogP contribution in [0.2, 0.25) is 0 Å². The van der Waals surface area contributed by atoms with Crippen LogP contribution in [-0.4, -0.2) is 54.4 Å². The van der Waals surface area contributed by atoms with Crippen LogP contribution in [0.4, 0.5) is 4.39 Å². The van der Waals surface area contributed by atoms with Gasteiger partial charge in [0.15, 0.2) is 11.6 Å². The number of halogens is 1. The molecule has 1 heterocycles. The first-order valence-electron chi connectivity index (χ1n) is 8.60. The number of hydrogen-bond acceptors (Lipinski definition) is 3. The van der Waals surface area contributed by atoms with Gasteiger partial charge < -0.3 is 14.5 Å². The molecule has 1 aliphatic carbocycles. The molecule has 0 unspecified atom stereocenters. The summed E-state index contributed by atoms with van der Waals surface area (Å²) in [6.07, 6.45) is 3.12. The Morgan fingerprint density at radius 3 is 2.38 bits per heavy atom. The van der Waals surface area contributed by atoms with E-state index in [1.54, 1.807) is 17.9 Å². The van der Waals surface area contributed by atoms with Gasteiger partial charge in [-0.1, -0.05) is 6.42 Å². The highest BCUT2D eigenvalue weighted by atomic mass is 19.1. The highest BCUT2D eigenvalue weighted by Crippen LogP contribution is 2.28. The van der Waals surface area contributed by atoms with Crippen molar-refractivity contribution in [2.75, 3.05) is 32.8 Å². The molecule has 0 atom stereocenters. The third-order valence-corrected chi connectivity index (χ3v) is 4.81. The Kier molecular flexibility index (Phi) is 5.02. The van der Waals surface area contributed by atoms with E-state index >= 15 is 0 Å². The molecule has 0 aromatic heterocycles. The van der Waals surface area contributed by atoms with Gasteiger partial charge in [0.25, 0.3) is 5.91 Å². The van der Waals surface area contributed by atoms with E-state index in [0.717, 1.165) is 19.3 Å². The topological polar surface area (TPSA) is 49.9 Å². The van der Waals surface area contributed by atoms with Gasteiger partial charge in [-0.15, -0.1) is 0 Å². The van der Waals surface area contributed by atoms with Crippen molar-refractivity contribution in [2.24, 2.45) is 5.92 Å². The van der Waals surface area contributed by atoms with Crippen molar-refractivity contribution in [1.82, 2.24) is 9.80 Å². The number of nitrogens with zero attached hydrogens (tertiary/aromatic N) is 2. The maximum atomic E-state index is 13.9. The predicted molar refractivity (Wildman–Crippen MR) is 87.4 cm³/mol. The fourth-order valence-electron chi connectivity index (χ4n) is 3.13. The summed E-state index contributed by atoms with van der Waals surface area (Å²) in [5, 5.41) is 0. The molecule has 3 rings (SSSR count). The molecule has 0 radical (unpaired) electrons. The van der Waals surface area contributed by atoms with Crippen molar-refractivity contribution < 1.29 is 18.7 Å². The van der Waals surface area contributed by atoms with Crippen LogP contribution in [0.25, 0.3) is 0 Å². The van der Waals surface area contributed by atoms with Crippen LogP contribution >= 0.6 is 0 Å². The van der Waals surface area contributed by atoms with E-state index in [9.17, 15) is 14.0 Å². The van der Waals surface area contributed by atoms with Gasteiger partial charge >= 0.3 is 0 Å². The third-order valence-electron chi connectivity index (χ3n) is 4.81. The molecule has 24 heavy (non-hydrogen) atoms. The van der Waals surface area contributed by atoms with E-state index in [-0.39, 0.29) is 23.5 Å². The quantitative estimate of drug-likeness (QED) is 0.849. The first-order chi connectivity index (χ1) is 11.6. The SMILES string of the molecule is CCOc1ccc(C(=O)N2CCN(C(=O)C3CCC3)CC2)cc1F. The Morgan fingerprint density at radius 1 is 1.17 bits per heavy atom. The van der Waals surface area contributed by atoms with E-state index in [0.29, 0.717) is 38.3 Å². The highest BCUT2D eigenvalue weighted by Gasteiger charge is 2.32. The standard InChI is InChI=1S/C18H23FN2O3/c1-2-24-16-7-6-14(12-15(16)19)18(23)21-10-8-20(9-11-21)17(22)13-4-3-5-13/h6-7,12-13H,2-5,8-11H2,1H3. The van der Waals surface area contributed by atoms with E-state index in [2.05, 4.69) is 0 Å². The minimum atomic E-state index is -0.526. The van der Waals surface area contributed by atoms with Crippen molar-refractivity contribution in [3.05, 3.63) is 29.6 Å². The normalized spacial score (nSPS) is 18.2. The summed E-state index contributed by atoms with van der Waals surface area (Å²) >= 11 is 0. The number of carbonyl (C=O) groups excluding carboxylic acids is 2. The summed E-state index contributed by atoms with van der Waals surface area (Å²) in [5.74, 6) is -0.160. The van der Waals surface area contributed by atoms with Crippen molar-refractivity contribution in [2.45, 2.75) is 26.2 Å². The molecule has 1 saturated heterocycles. The van der Waals surface area contributed by atoms with E-state index in [1.165, 1.54) is 12.1 Å². The lowest BCUT2D eigenvalue weighted by molar-refractivity contribution is -0.139. The van der Waals surface area contributed by atoms with Crippen molar-refractivity contribution in [3.63, 3.8) is 0 Å². The Bertz CT molecular complexity index is 623. The molecule has 1 saturated carbocycles. The lowest BCUT2D eigenvalue weighted by Gasteiger charge is -2.38. The number of benzene rings is 1. The summed E-state index contributed by atoms with van der Waals surface area (Å²) in [4.78, 5) is 28.3. The maximum absolute atomic E-state index is 13.9. The van der Waals surface area contributed by atoms with E-state index < -0.39 is 5.82 Å². The molecule has 2 aliphatic rings. The molecule has 1 aromatic carbocycles. The maximum Gasteiger partial charge on any atom is 0.254 e. The molecule has 2 fully saturated rings. The molecule has 1 aliphatic heterocycles. The number of hydrogen-bond donors (Lipinski definition) is 0. The van der Waals surface area contributed by atoms with Gasteiger partial charge in [0.2, 0.25) is 5.91 Å². The molecule has 130 valence electrons. The fraction of sp³-hybridized carbons (Fsp3) is 0.556. The molecule has 0 N–H and O–H groups in total. The number of rotatable bonds is 4. The Labute approximate surface area is 141 Å². The van der Waals surface area contributed by atoms with E-state index in [1.807, 2.05) is 4.90 Å². The molecule has 1 aromatic rings. The van der Waals surface area contributed by atoms with Gasteiger partial charge in [0.05, 0.1) is 6.61 Å². The molecular weight excluding hydrogens is 311 g/mol. The zero-order valence-corrected chi connectivity index (χ0v) is 14.0. The summed E-state index contributed by atoms with van der Waals surface area (Å²) in [7, 11) is 0. The molecule has 0 bridgehead atoms. The third kappa shape index (κ3) is 3.37. The van der Waals surface area contributed by atoms with Gasteiger partial charge in [-0.25, -0.2) is 4.39 Å². The lowest BCUT2D eigenvalue weighted by atomic mass is 9.84. The summed E-state index contributed by atoms with van der Waals surface area (Å²) in [6.45, 7) is 4.25. The van der Waals surface area contributed by atoms with Crippen molar-refractivity contribution in [1.29, 1.82) is 0 Å². The van der Waals surface area contributed by atoms with Crippen LogP contribution in [0.15, 0.2) is 18.2 Å². The average molecular weight is 334 g/mol. The first-order valence-corrected chi connectivity index (χ1v) is 8.60. The summed E-state index contributed by atoms with van der Waals surface area (Å²) < 4.78 is 19.1. The zero-order valence-electron chi connectivity index (χ0n) is 14.0. The lowest BCUT2D eigenvalue weighted by Crippen LogP contribution is -2.52. The van der Waals surface area contributed by atoms with E-state index in [4.69, 9.17) is 4.74 Å². The zero-order chi connectivity index (χ0) is 17.1. The molecule has 6 heteroatoms. The van der Waals surface area contributed by atoms with Crippen molar-refractivity contribution >= 4 is 11.8 Å². The second-order valence-electron chi connectivity index (χ2n) is 6.32. The van der Waals surface area contributed by atoms with Crippen LogP contribution in [0.3, 0.4) is 0 Å². The fourth-order valence-corrected chi connectivity index (χ4v) is 3.13. The van der Waals surface area contributed by atoms with Gasteiger partial charge in [-0.3, -0.25) is 9.59 Å². The van der Waals surface area contributed by atoms with Crippen LogP contribution in [0.5, 0.6) is 5.75 Å². The highest BCUT2D eigenvalue weighted by molar-refractivity contribution is 5.94. The molecule has 0 spiro atoms. The van der Waals surface area contributed by atoms with Crippen LogP contribution in [0.1, 0.15) is 36.5 Å². The monoisotopic (exact) mass is 334 g/mol. The number of carbonyl (C=O) groups is 2. The molecule has 2 amide bonds. The second-order valence-corrected chi connectivity index (χ2v) is 6.32. The Hall–Kier alpha value is -2.11. The predicted octanol–water partition coefficient (Wildman–Crippen LogP) is 2.31. The average Bonchev–Trinajstić information content (AvgIpc) is 2.55. The molecule has 5 nitrogen and oxygen atoms in total. The van der Waals surface area contributed by atoms with Gasteiger partial charge in [-0.05, 0) is 38.0 Å². The van der Waals surface area contributed by atoms with Gasteiger partial charge in [-0.2, -0.15) is 0 Å². The molecular formula is C18H23FN2O3. The minimum absolute atomic E-state index is 0.157. The number of amides is 2. The summed E-state index contributed by atoms with van der Waals surface area (Å²) in [6, 6.07) is 4.30. The number of piperazine rings is 1. The van der Waals surface area contributed by atoms with Gasteiger partial charge in [0.1, 0.15) is 0 Å².